The van der Waals surface area contributed by atoms with E-state index in [-0.39, 0.29) is 17.6 Å². The number of rotatable bonds is 3. The Hall–Kier alpha value is -2.67. The molecule has 1 fully saturated rings. The molecule has 1 aromatic carbocycles. The van der Waals surface area contributed by atoms with Crippen molar-refractivity contribution in [2.24, 2.45) is 7.05 Å². The highest BCUT2D eigenvalue weighted by Crippen LogP contribution is 2.33. The summed E-state index contributed by atoms with van der Waals surface area (Å²) in [7, 11) is 1.73. The van der Waals surface area contributed by atoms with E-state index in [1.165, 1.54) is 4.68 Å². The minimum atomic E-state index is -0.254. The second-order valence-corrected chi connectivity index (χ2v) is 6.39. The van der Waals surface area contributed by atoms with Gasteiger partial charge in [-0.3, -0.25) is 9.48 Å². The van der Waals surface area contributed by atoms with Crippen molar-refractivity contribution in [1.29, 1.82) is 0 Å². The van der Waals surface area contributed by atoms with E-state index in [1.807, 2.05) is 30.3 Å². The molecule has 1 aliphatic heterocycles. The van der Waals surface area contributed by atoms with E-state index in [0.717, 1.165) is 18.4 Å². The maximum Gasteiger partial charge on any atom is 0.276 e. The minimum absolute atomic E-state index is 0.215. The summed E-state index contributed by atoms with van der Waals surface area (Å²) in [6, 6.07) is 9.34. The molecule has 2 aromatic heterocycles. The lowest BCUT2D eigenvalue weighted by Crippen LogP contribution is -2.31. The molecule has 0 radical (unpaired) electrons. The van der Waals surface area contributed by atoms with Crippen LogP contribution >= 0.6 is 11.6 Å². The third-order valence-electron chi connectivity index (χ3n) is 4.26. The highest BCUT2D eigenvalue weighted by molar-refractivity contribution is 6.33. The molecule has 128 valence electrons. The third-order valence-corrected chi connectivity index (χ3v) is 4.54. The van der Waals surface area contributed by atoms with Gasteiger partial charge in [0.25, 0.3) is 5.91 Å². The second-order valence-electron chi connectivity index (χ2n) is 5.98. The van der Waals surface area contributed by atoms with Crippen LogP contribution in [0.1, 0.15) is 35.3 Å². The van der Waals surface area contributed by atoms with Gasteiger partial charge in [-0.1, -0.05) is 47.1 Å². The molecule has 1 atom stereocenters. The second kappa shape index (κ2) is 6.33. The van der Waals surface area contributed by atoms with Gasteiger partial charge in [0.2, 0.25) is 11.7 Å². The molecule has 7 nitrogen and oxygen atoms in total. The highest BCUT2D eigenvalue weighted by Gasteiger charge is 2.36. The summed E-state index contributed by atoms with van der Waals surface area (Å²) in [5.41, 5.74) is 1.13. The van der Waals surface area contributed by atoms with Crippen LogP contribution in [0.3, 0.4) is 0 Å². The summed E-state index contributed by atoms with van der Waals surface area (Å²) in [4.78, 5) is 19.0. The van der Waals surface area contributed by atoms with Gasteiger partial charge in [0, 0.05) is 25.4 Å². The number of halogens is 1. The van der Waals surface area contributed by atoms with Crippen LogP contribution in [0.4, 0.5) is 0 Å². The molecule has 1 amide bonds. The summed E-state index contributed by atoms with van der Waals surface area (Å²) >= 11 is 6.11. The SMILES string of the molecule is Cn1cc(Cl)c(C(=O)N2CCC[C@H]2c2nc(-c3ccccc3)no2)n1. The first-order chi connectivity index (χ1) is 12.1. The summed E-state index contributed by atoms with van der Waals surface area (Å²) in [5.74, 6) is 0.745. The van der Waals surface area contributed by atoms with Crippen LogP contribution in [0.2, 0.25) is 5.02 Å². The van der Waals surface area contributed by atoms with Crippen LogP contribution in [0.5, 0.6) is 0 Å². The molecule has 0 unspecified atom stereocenters. The van der Waals surface area contributed by atoms with Gasteiger partial charge in [-0.2, -0.15) is 10.1 Å². The molecule has 3 heterocycles. The molecule has 25 heavy (non-hydrogen) atoms. The predicted octanol–water partition coefficient (Wildman–Crippen LogP) is 3.10. The zero-order valence-corrected chi connectivity index (χ0v) is 14.3. The van der Waals surface area contributed by atoms with Crippen molar-refractivity contribution in [3.63, 3.8) is 0 Å². The third kappa shape index (κ3) is 2.91. The van der Waals surface area contributed by atoms with Gasteiger partial charge in [-0.05, 0) is 12.8 Å². The fourth-order valence-electron chi connectivity index (χ4n) is 3.08. The van der Waals surface area contributed by atoms with Gasteiger partial charge in [-0.15, -0.1) is 0 Å². The fourth-order valence-corrected chi connectivity index (χ4v) is 3.34. The van der Waals surface area contributed by atoms with Crippen molar-refractivity contribution in [3.8, 4) is 11.4 Å². The van der Waals surface area contributed by atoms with Crippen molar-refractivity contribution in [2.45, 2.75) is 18.9 Å². The molecule has 1 saturated heterocycles. The first-order valence-corrected chi connectivity index (χ1v) is 8.40. The minimum Gasteiger partial charge on any atom is -0.337 e. The van der Waals surface area contributed by atoms with E-state index < -0.39 is 0 Å². The van der Waals surface area contributed by atoms with Gasteiger partial charge in [0.05, 0.1) is 5.02 Å². The molecule has 0 N–H and O–H groups in total. The number of aryl methyl sites for hydroxylation is 1. The van der Waals surface area contributed by atoms with Crippen molar-refractivity contribution in [1.82, 2.24) is 24.8 Å². The number of likely N-dealkylation sites (tertiary alicyclic amines) is 1. The zero-order chi connectivity index (χ0) is 17.4. The Kier molecular flexibility index (Phi) is 4.01. The quantitative estimate of drug-likeness (QED) is 0.719. The predicted molar refractivity (Wildman–Crippen MR) is 91.0 cm³/mol. The molecular formula is C17H16ClN5O2. The monoisotopic (exact) mass is 357 g/mol. The highest BCUT2D eigenvalue weighted by atomic mass is 35.5. The van der Waals surface area contributed by atoms with Crippen LogP contribution in [0.25, 0.3) is 11.4 Å². The Labute approximate surface area is 149 Å². The van der Waals surface area contributed by atoms with Crippen LogP contribution in [-0.4, -0.2) is 37.3 Å². The van der Waals surface area contributed by atoms with Gasteiger partial charge >= 0.3 is 0 Å². The lowest BCUT2D eigenvalue weighted by Gasteiger charge is -2.20. The average Bonchev–Trinajstić information content (AvgIpc) is 3.33. The van der Waals surface area contributed by atoms with E-state index in [1.54, 1.807) is 18.1 Å². The van der Waals surface area contributed by atoms with Gasteiger partial charge in [0.1, 0.15) is 6.04 Å². The first kappa shape index (κ1) is 15.8. The number of nitrogens with zero attached hydrogens (tertiary/aromatic N) is 5. The number of amides is 1. The van der Waals surface area contributed by atoms with Gasteiger partial charge in [-0.25, -0.2) is 0 Å². The van der Waals surface area contributed by atoms with E-state index >= 15 is 0 Å². The van der Waals surface area contributed by atoms with Crippen molar-refractivity contribution >= 4 is 17.5 Å². The van der Waals surface area contributed by atoms with E-state index in [2.05, 4.69) is 15.2 Å². The van der Waals surface area contributed by atoms with E-state index in [9.17, 15) is 4.79 Å². The number of benzene rings is 1. The maximum absolute atomic E-state index is 12.8. The summed E-state index contributed by atoms with van der Waals surface area (Å²) in [5, 5.41) is 8.55. The number of carbonyl (C=O) groups excluding carboxylic acids is 1. The summed E-state index contributed by atoms with van der Waals surface area (Å²) in [6.45, 7) is 0.611. The van der Waals surface area contributed by atoms with Gasteiger partial charge in [0.15, 0.2) is 5.69 Å². The van der Waals surface area contributed by atoms with E-state index in [4.69, 9.17) is 16.1 Å². The standard InChI is InChI=1S/C17H16ClN5O2/c1-22-10-12(18)14(20-22)17(24)23-9-5-8-13(23)16-19-15(21-25-16)11-6-3-2-4-7-11/h2-4,6-7,10,13H,5,8-9H2,1H3/t13-/m0/s1. The Morgan fingerprint density at radius 1 is 1.32 bits per heavy atom. The summed E-state index contributed by atoms with van der Waals surface area (Å²) in [6.07, 6.45) is 3.25. The fraction of sp³-hybridized carbons (Fsp3) is 0.294. The van der Waals surface area contributed by atoms with Crippen molar-refractivity contribution in [2.75, 3.05) is 6.54 Å². The molecule has 0 aliphatic carbocycles. The van der Waals surface area contributed by atoms with Crippen LogP contribution in [-0.2, 0) is 7.05 Å². The van der Waals surface area contributed by atoms with E-state index in [0.29, 0.717) is 23.3 Å². The maximum atomic E-state index is 12.8. The first-order valence-electron chi connectivity index (χ1n) is 8.02. The molecule has 1 aliphatic rings. The van der Waals surface area contributed by atoms with Crippen LogP contribution in [0, 0.1) is 0 Å². The molecule has 0 spiro atoms. The number of hydrogen-bond acceptors (Lipinski definition) is 5. The van der Waals surface area contributed by atoms with Crippen molar-refractivity contribution in [3.05, 3.63) is 53.1 Å². The Morgan fingerprint density at radius 3 is 2.84 bits per heavy atom. The lowest BCUT2D eigenvalue weighted by atomic mass is 10.2. The molecule has 0 saturated carbocycles. The van der Waals surface area contributed by atoms with Crippen molar-refractivity contribution < 1.29 is 9.32 Å². The summed E-state index contributed by atoms with van der Waals surface area (Å²) < 4.78 is 6.97. The molecule has 4 rings (SSSR count). The Balaban J connectivity index is 1.61. The molecular weight excluding hydrogens is 342 g/mol. The Bertz CT molecular complexity index is 905. The number of aromatic nitrogens is 4. The molecule has 3 aromatic rings. The van der Waals surface area contributed by atoms with Crippen LogP contribution < -0.4 is 0 Å². The van der Waals surface area contributed by atoms with Crippen LogP contribution in [0.15, 0.2) is 41.1 Å². The molecule has 0 bridgehead atoms. The smallest absolute Gasteiger partial charge is 0.276 e. The number of carbonyl (C=O) groups is 1. The zero-order valence-electron chi connectivity index (χ0n) is 13.6. The topological polar surface area (TPSA) is 77.0 Å². The normalized spacial score (nSPS) is 17.2. The largest absolute Gasteiger partial charge is 0.337 e. The molecule has 8 heteroatoms. The van der Waals surface area contributed by atoms with Gasteiger partial charge < -0.3 is 9.42 Å². The average molecular weight is 358 g/mol. The lowest BCUT2D eigenvalue weighted by molar-refractivity contribution is 0.0703. The number of hydrogen-bond donors (Lipinski definition) is 0. The Morgan fingerprint density at radius 2 is 2.12 bits per heavy atom.